The fraction of sp³-hybridized carbons (Fsp3) is 0.316. The molecular formula is C19H23NO6S. The highest BCUT2D eigenvalue weighted by Crippen LogP contribution is 2.24. The summed E-state index contributed by atoms with van der Waals surface area (Å²) >= 11 is 0. The molecule has 0 N–H and O–H groups in total. The number of esters is 1. The second kappa shape index (κ2) is 9.38. The Balaban J connectivity index is 2.32. The van der Waals surface area contributed by atoms with Crippen molar-refractivity contribution >= 4 is 16.0 Å². The topological polar surface area (TPSA) is 82.1 Å². The van der Waals surface area contributed by atoms with Crippen molar-refractivity contribution < 1.29 is 27.4 Å². The zero-order chi connectivity index (χ0) is 19.9. The molecule has 0 saturated heterocycles. The van der Waals surface area contributed by atoms with Crippen LogP contribution in [0.3, 0.4) is 0 Å². The zero-order valence-corrected chi connectivity index (χ0v) is 16.4. The van der Waals surface area contributed by atoms with Crippen molar-refractivity contribution in [2.75, 3.05) is 27.9 Å². The van der Waals surface area contributed by atoms with E-state index in [-0.39, 0.29) is 18.8 Å². The van der Waals surface area contributed by atoms with E-state index in [1.54, 1.807) is 42.5 Å². The lowest BCUT2D eigenvalue weighted by atomic mass is 10.2. The number of ether oxygens (including phenoxy) is 3. The molecule has 2 rings (SSSR count). The molecule has 0 radical (unpaired) electrons. The second-order valence-corrected chi connectivity index (χ2v) is 7.78. The lowest BCUT2D eigenvalue weighted by Gasteiger charge is -2.22. The van der Waals surface area contributed by atoms with Gasteiger partial charge in [-0.15, -0.1) is 0 Å². The van der Waals surface area contributed by atoms with E-state index in [2.05, 4.69) is 4.74 Å². The summed E-state index contributed by atoms with van der Waals surface area (Å²) in [6, 6.07) is 13.9. The van der Waals surface area contributed by atoms with Gasteiger partial charge in [-0.2, -0.15) is 4.31 Å². The summed E-state index contributed by atoms with van der Waals surface area (Å²) in [5.74, 6) is 0.207. The maximum absolute atomic E-state index is 12.9. The summed E-state index contributed by atoms with van der Waals surface area (Å²) in [5, 5.41) is 0. The minimum Gasteiger partial charge on any atom is -0.497 e. The van der Waals surface area contributed by atoms with Crippen LogP contribution < -0.4 is 9.47 Å². The fourth-order valence-electron chi connectivity index (χ4n) is 2.50. The standard InChI is InChI=1S/C19H23NO6S/c1-24-17-9-16(10-18(11-17)25-2)12-20(13-19(21)26-3)27(22,23)14-15-7-5-4-6-8-15/h4-11H,12-14H2,1-3H3. The number of sulfonamides is 1. The number of carbonyl (C=O) groups is 1. The van der Waals surface area contributed by atoms with E-state index in [0.29, 0.717) is 22.6 Å². The van der Waals surface area contributed by atoms with Crippen molar-refractivity contribution in [1.29, 1.82) is 0 Å². The van der Waals surface area contributed by atoms with Crippen LogP contribution in [-0.2, 0) is 31.9 Å². The molecule has 2 aromatic carbocycles. The number of benzene rings is 2. The summed E-state index contributed by atoms with van der Waals surface area (Å²) in [6.45, 7) is -0.400. The van der Waals surface area contributed by atoms with E-state index in [1.165, 1.54) is 21.3 Å². The van der Waals surface area contributed by atoms with E-state index in [9.17, 15) is 13.2 Å². The second-order valence-electron chi connectivity index (χ2n) is 5.81. The number of hydrogen-bond acceptors (Lipinski definition) is 6. The third kappa shape index (κ3) is 5.97. The first-order valence-corrected chi connectivity index (χ1v) is 9.79. The molecule has 0 aliphatic heterocycles. The quantitative estimate of drug-likeness (QED) is 0.608. The van der Waals surface area contributed by atoms with Gasteiger partial charge in [-0.1, -0.05) is 30.3 Å². The molecule has 146 valence electrons. The maximum atomic E-state index is 12.9. The van der Waals surface area contributed by atoms with Crippen LogP contribution in [0, 0.1) is 0 Å². The third-order valence-electron chi connectivity index (χ3n) is 3.89. The van der Waals surface area contributed by atoms with E-state index >= 15 is 0 Å². The average Bonchev–Trinajstić information content (AvgIpc) is 2.67. The molecule has 0 fully saturated rings. The van der Waals surface area contributed by atoms with Gasteiger partial charge in [0.2, 0.25) is 10.0 Å². The molecule has 0 unspecified atom stereocenters. The molecule has 0 aromatic heterocycles. The van der Waals surface area contributed by atoms with Crippen LogP contribution in [0.1, 0.15) is 11.1 Å². The van der Waals surface area contributed by atoms with Crippen LogP contribution in [-0.4, -0.2) is 46.6 Å². The van der Waals surface area contributed by atoms with Crippen LogP contribution in [0.5, 0.6) is 11.5 Å². The fourth-order valence-corrected chi connectivity index (χ4v) is 3.94. The summed E-state index contributed by atoms with van der Waals surface area (Å²) in [5.41, 5.74) is 1.27. The first kappa shape index (κ1) is 20.7. The SMILES string of the molecule is COC(=O)CN(Cc1cc(OC)cc(OC)c1)S(=O)(=O)Cc1ccccc1. The number of hydrogen-bond donors (Lipinski definition) is 0. The summed E-state index contributed by atoms with van der Waals surface area (Å²) < 4.78 is 42.0. The van der Waals surface area contributed by atoms with Crippen molar-refractivity contribution in [3.8, 4) is 11.5 Å². The van der Waals surface area contributed by atoms with Crippen molar-refractivity contribution in [3.63, 3.8) is 0 Å². The predicted octanol–water partition coefficient (Wildman–Crippen LogP) is 2.21. The highest BCUT2D eigenvalue weighted by molar-refractivity contribution is 7.88. The van der Waals surface area contributed by atoms with Gasteiger partial charge in [0.1, 0.15) is 18.0 Å². The zero-order valence-electron chi connectivity index (χ0n) is 15.5. The van der Waals surface area contributed by atoms with Gasteiger partial charge in [0, 0.05) is 12.6 Å². The smallest absolute Gasteiger partial charge is 0.321 e. The first-order chi connectivity index (χ1) is 12.9. The average molecular weight is 393 g/mol. The van der Waals surface area contributed by atoms with Gasteiger partial charge in [0.15, 0.2) is 0 Å². The molecule has 0 saturated carbocycles. The monoisotopic (exact) mass is 393 g/mol. The van der Waals surface area contributed by atoms with E-state index in [0.717, 1.165) is 4.31 Å². The highest BCUT2D eigenvalue weighted by atomic mass is 32.2. The van der Waals surface area contributed by atoms with Gasteiger partial charge in [0.25, 0.3) is 0 Å². The summed E-state index contributed by atoms with van der Waals surface area (Å²) in [4.78, 5) is 11.8. The van der Waals surface area contributed by atoms with E-state index in [4.69, 9.17) is 9.47 Å². The predicted molar refractivity (Wildman–Crippen MR) is 101 cm³/mol. The minimum atomic E-state index is -3.77. The van der Waals surface area contributed by atoms with Crippen LogP contribution in [0.15, 0.2) is 48.5 Å². The Labute approximate surface area is 159 Å². The third-order valence-corrected chi connectivity index (χ3v) is 5.63. The van der Waals surface area contributed by atoms with Crippen LogP contribution in [0.4, 0.5) is 0 Å². The molecule has 0 amide bonds. The lowest BCUT2D eigenvalue weighted by molar-refractivity contribution is -0.140. The molecule has 0 heterocycles. The molecule has 0 aliphatic rings. The molecule has 0 atom stereocenters. The number of carbonyl (C=O) groups excluding carboxylic acids is 1. The number of nitrogens with zero attached hydrogens (tertiary/aromatic N) is 1. The molecule has 2 aromatic rings. The molecule has 7 nitrogen and oxygen atoms in total. The lowest BCUT2D eigenvalue weighted by Crippen LogP contribution is -2.36. The number of rotatable bonds is 9. The maximum Gasteiger partial charge on any atom is 0.321 e. The first-order valence-electron chi connectivity index (χ1n) is 8.18. The Bertz CT molecular complexity index is 845. The molecule has 0 spiro atoms. The summed E-state index contributed by atoms with van der Waals surface area (Å²) in [6.07, 6.45) is 0. The van der Waals surface area contributed by atoms with Crippen molar-refractivity contribution in [3.05, 3.63) is 59.7 Å². The summed E-state index contributed by atoms with van der Waals surface area (Å²) in [7, 11) is 0.476. The molecule has 0 bridgehead atoms. The Morgan fingerprint density at radius 2 is 1.52 bits per heavy atom. The van der Waals surface area contributed by atoms with Crippen LogP contribution in [0.25, 0.3) is 0 Å². The van der Waals surface area contributed by atoms with Gasteiger partial charge in [-0.25, -0.2) is 8.42 Å². The Hall–Kier alpha value is -2.58. The molecular weight excluding hydrogens is 370 g/mol. The van der Waals surface area contributed by atoms with Gasteiger partial charge in [-0.05, 0) is 23.3 Å². The Kier molecular flexibility index (Phi) is 7.20. The Morgan fingerprint density at radius 3 is 2.04 bits per heavy atom. The highest BCUT2D eigenvalue weighted by Gasteiger charge is 2.26. The van der Waals surface area contributed by atoms with Crippen molar-refractivity contribution in [1.82, 2.24) is 4.31 Å². The largest absolute Gasteiger partial charge is 0.497 e. The van der Waals surface area contributed by atoms with Gasteiger partial charge in [0.05, 0.1) is 27.1 Å². The van der Waals surface area contributed by atoms with Crippen molar-refractivity contribution in [2.45, 2.75) is 12.3 Å². The van der Waals surface area contributed by atoms with E-state index < -0.39 is 16.0 Å². The molecule has 0 aliphatic carbocycles. The van der Waals surface area contributed by atoms with Gasteiger partial charge in [-0.3, -0.25) is 4.79 Å². The number of methoxy groups -OCH3 is 3. The Morgan fingerprint density at radius 1 is 0.926 bits per heavy atom. The van der Waals surface area contributed by atoms with Crippen LogP contribution in [0.2, 0.25) is 0 Å². The van der Waals surface area contributed by atoms with Gasteiger partial charge >= 0.3 is 5.97 Å². The van der Waals surface area contributed by atoms with Crippen LogP contribution >= 0.6 is 0 Å². The molecule has 8 heteroatoms. The van der Waals surface area contributed by atoms with Gasteiger partial charge < -0.3 is 14.2 Å². The normalized spacial score (nSPS) is 11.3. The molecule has 27 heavy (non-hydrogen) atoms. The van der Waals surface area contributed by atoms with E-state index in [1.807, 2.05) is 6.07 Å². The minimum absolute atomic E-state index is 0.0160. The van der Waals surface area contributed by atoms with Crippen molar-refractivity contribution in [2.24, 2.45) is 0 Å².